The van der Waals surface area contributed by atoms with E-state index in [1.54, 1.807) is 12.1 Å². The molecule has 1 aliphatic heterocycles. The van der Waals surface area contributed by atoms with E-state index in [9.17, 15) is 18.0 Å². The summed E-state index contributed by atoms with van der Waals surface area (Å²) in [5, 5.41) is 5.95. The third-order valence-electron chi connectivity index (χ3n) is 5.81. The molecule has 0 saturated carbocycles. The van der Waals surface area contributed by atoms with Gasteiger partial charge in [0.25, 0.3) is 0 Å². The molecule has 3 rings (SSSR count). The molecule has 11 heteroatoms. The van der Waals surface area contributed by atoms with Crippen LogP contribution < -0.4 is 10.9 Å². The van der Waals surface area contributed by atoms with Crippen LogP contribution in [0, 0.1) is 0 Å². The van der Waals surface area contributed by atoms with E-state index in [2.05, 4.69) is 15.5 Å². The standard InChI is InChI=1S/C20H25BF3N3O4/c1-17(2,20(22,23)24)13-10-15(27-29-13)26-16(28)9-12-7-8-14(25-11-12)21-30-18(3,4)19(5,6)31-21/h7-8,10-11H,9H2,1-6H3,(H,26,27,28). The quantitative estimate of drug-likeness (QED) is 0.719. The molecule has 1 amide bonds. The molecule has 2 aromatic rings. The van der Waals surface area contributed by atoms with Gasteiger partial charge in [-0.05, 0) is 53.2 Å². The number of pyridine rings is 1. The average molecular weight is 439 g/mol. The second-order valence-corrected chi connectivity index (χ2v) is 9.10. The fourth-order valence-corrected chi connectivity index (χ4v) is 2.78. The molecule has 1 aliphatic rings. The number of rotatable bonds is 5. The Kier molecular flexibility index (Phi) is 5.73. The molecule has 0 unspecified atom stereocenters. The van der Waals surface area contributed by atoms with Crippen LogP contribution in [0.25, 0.3) is 0 Å². The molecule has 7 nitrogen and oxygen atoms in total. The smallest absolute Gasteiger partial charge is 0.398 e. The molecule has 0 aliphatic carbocycles. The van der Waals surface area contributed by atoms with Crippen molar-refractivity contribution in [3.05, 3.63) is 35.7 Å². The normalized spacial score (nSPS) is 18.3. The Morgan fingerprint density at radius 3 is 2.26 bits per heavy atom. The van der Waals surface area contributed by atoms with Gasteiger partial charge in [-0.15, -0.1) is 0 Å². The number of alkyl halides is 3. The second-order valence-electron chi connectivity index (χ2n) is 9.10. The van der Waals surface area contributed by atoms with Gasteiger partial charge in [0.2, 0.25) is 5.91 Å². The molecule has 0 spiro atoms. The summed E-state index contributed by atoms with van der Waals surface area (Å²) in [6, 6.07) is 4.50. The van der Waals surface area contributed by atoms with Crippen LogP contribution in [0.4, 0.5) is 19.0 Å². The third-order valence-corrected chi connectivity index (χ3v) is 5.81. The van der Waals surface area contributed by atoms with Crippen molar-refractivity contribution in [1.82, 2.24) is 10.1 Å². The van der Waals surface area contributed by atoms with E-state index in [1.165, 1.54) is 6.20 Å². The Bertz CT molecular complexity index is 939. The average Bonchev–Trinajstić information content (AvgIpc) is 3.17. The Morgan fingerprint density at radius 1 is 1.13 bits per heavy atom. The van der Waals surface area contributed by atoms with Crippen molar-refractivity contribution in [2.45, 2.75) is 70.8 Å². The molecule has 0 radical (unpaired) electrons. The first-order valence-corrected chi connectivity index (χ1v) is 9.77. The van der Waals surface area contributed by atoms with Crippen LogP contribution in [0.1, 0.15) is 52.9 Å². The topological polar surface area (TPSA) is 86.5 Å². The van der Waals surface area contributed by atoms with E-state index >= 15 is 0 Å². The molecule has 168 valence electrons. The molecule has 0 atom stereocenters. The lowest BCUT2D eigenvalue weighted by Crippen LogP contribution is -2.41. The van der Waals surface area contributed by atoms with Crippen LogP contribution in [0.5, 0.6) is 0 Å². The number of halogens is 3. The number of anilines is 1. The molecule has 0 bridgehead atoms. The van der Waals surface area contributed by atoms with Crippen LogP contribution in [0.2, 0.25) is 0 Å². The monoisotopic (exact) mass is 439 g/mol. The maximum Gasteiger partial charge on any atom is 0.514 e. The zero-order chi connectivity index (χ0) is 23.2. The number of hydrogen-bond donors (Lipinski definition) is 1. The Balaban J connectivity index is 1.61. The largest absolute Gasteiger partial charge is 0.514 e. The molecule has 0 aromatic carbocycles. The van der Waals surface area contributed by atoms with Gasteiger partial charge in [-0.2, -0.15) is 13.2 Å². The number of carbonyl (C=O) groups excluding carboxylic acids is 1. The summed E-state index contributed by atoms with van der Waals surface area (Å²) in [5.74, 6) is -0.933. The maximum absolute atomic E-state index is 13.1. The minimum Gasteiger partial charge on any atom is -0.398 e. The molecule has 1 saturated heterocycles. The fourth-order valence-electron chi connectivity index (χ4n) is 2.78. The highest BCUT2D eigenvalue weighted by molar-refractivity contribution is 6.61. The lowest BCUT2D eigenvalue weighted by Gasteiger charge is -2.32. The van der Waals surface area contributed by atoms with Crippen LogP contribution in [0.3, 0.4) is 0 Å². The van der Waals surface area contributed by atoms with Crippen molar-refractivity contribution in [1.29, 1.82) is 0 Å². The van der Waals surface area contributed by atoms with Crippen LogP contribution in [-0.2, 0) is 25.9 Å². The van der Waals surface area contributed by atoms with Gasteiger partial charge in [0.15, 0.2) is 11.6 Å². The predicted octanol–water partition coefficient (Wildman–Crippen LogP) is 3.39. The first kappa shape index (κ1) is 23.3. The summed E-state index contributed by atoms with van der Waals surface area (Å²) in [7, 11) is -0.613. The van der Waals surface area contributed by atoms with Gasteiger partial charge in [-0.3, -0.25) is 9.78 Å². The highest BCUT2D eigenvalue weighted by atomic mass is 19.4. The van der Waals surface area contributed by atoms with E-state index in [4.69, 9.17) is 13.8 Å². The second kappa shape index (κ2) is 7.63. The molecule has 2 aromatic heterocycles. The minimum absolute atomic E-state index is 0.0402. The predicted molar refractivity (Wildman–Crippen MR) is 108 cm³/mol. The molecular weight excluding hydrogens is 414 g/mol. The lowest BCUT2D eigenvalue weighted by atomic mass is 9.84. The maximum atomic E-state index is 13.1. The van der Waals surface area contributed by atoms with Gasteiger partial charge in [-0.1, -0.05) is 11.2 Å². The summed E-state index contributed by atoms with van der Waals surface area (Å²) in [5.41, 5.74) is -2.02. The summed E-state index contributed by atoms with van der Waals surface area (Å²) in [4.78, 5) is 16.6. The molecular formula is C20H25BF3N3O4. The highest BCUT2D eigenvalue weighted by Crippen LogP contribution is 2.41. The van der Waals surface area contributed by atoms with E-state index in [0.717, 1.165) is 19.9 Å². The van der Waals surface area contributed by atoms with Gasteiger partial charge in [0, 0.05) is 12.3 Å². The van der Waals surface area contributed by atoms with Gasteiger partial charge < -0.3 is 19.1 Å². The first-order chi connectivity index (χ1) is 14.1. The van der Waals surface area contributed by atoms with Crippen LogP contribution in [0.15, 0.2) is 28.9 Å². The van der Waals surface area contributed by atoms with Crippen molar-refractivity contribution in [3.8, 4) is 0 Å². The van der Waals surface area contributed by atoms with Crippen molar-refractivity contribution >= 4 is 24.4 Å². The van der Waals surface area contributed by atoms with Crippen molar-refractivity contribution in [2.75, 3.05) is 5.32 Å². The number of nitrogens with one attached hydrogen (secondary N) is 1. The van der Waals surface area contributed by atoms with Gasteiger partial charge in [0.1, 0.15) is 5.41 Å². The lowest BCUT2D eigenvalue weighted by molar-refractivity contribution is -0.185. The number of aromatic nitrogens is 2. The van der Waals surface area contributed by atoms with E-state index in [0.29, 0.717) is 11.2 Å². The van der Waals surface area contributed by atoms with Gasteiger partial charge in [0.05, 0.1) is 23.2 Å². The highest BCUT2D eigenvalue weighted by Gasteiger charge is 2.52. The zero-order valence-corrected chi connectivity index (χ0v) is 18.3. The molecule has 1 N–H and O–H groups in total. The number of amides is 1. The zero-order valence-electron chi connectivity index (χ0n) is 18.3. The Hall–Kier alpha value is -2.40. The molecule has 31 heavy (non-hydrogen) atoms. The first-order valence-electron chi connectivity index (χ1n) is 9.77. The summed E-state index contributed by atoms with van der Waals surface area (Å²) < 4.78 is 56.0. The van der Waals surface area contributed by atoms with Crippen molar-refractivity contribution in [3.63, 3.8) is 0 Å². The van der Waals surface area contributed by atoms with E-state index in [1.807, 2.05) is 27.7 Å². The SMILES string of the molecule is CC1(C)OB(c2ccc(CC(=O)Nc3cc(C(C)(C)C(F)(F)F)on3)cn2)OC1(C)C. The van der Waals surface area contributed by atoms with Crippen LogP contribution >= 0.6 is 0 Å². The fraction of sp³-hybridized carbons (Fsp3) is 0.550. The number of hydrogen-bond acceptors (Lipinski definition) is 6. The summed E-state index contributed by atoms with van der Waals surface area (Å²) in [6.07, 6.45) is -3.03. The number of nitrogens with zero attached hydrogens (tertiary/aromatic N) is 2. The van der Waals surface area contributed by atoms with E-state index in [-0.39, 0.29) is 18.0 Å². The van der Waals surface area contributed by atoms with Crippen LogP contribution in [-0.4, -0.2) is 40.5 Å². The van der Waals surface area contributed by atoms with Crippen molar-refractivity contribution < 1.29 is 31.8 Å². The van der Waals surface area contributed by atoms with Gasteiger partial charge >= 0.3 is 13.3 Å². The minimum atomic E-state index is -4.52. The Labute approximate surface area is 178 Å². The van der Waals surface area contributed by atoms with Gasteiger partial charge in [-0.25, -0.2) is 0 Å². The Morgan fingerprint density at radius 2 is 1.74 bits per heavy atom. The summed E-state index contributed by atoms with van der Waals surface area (Å²) in [6.45, 7) is 9.72. The third kappa shape index (κ3) is 4.62. The van der Waals surface area contributed by atoms with Crippen molar-refractivity contribution in [2.24, 2.45) is 0 Å². The molecule has 3 heterocycles. The van der Waals surface area contributed by atoms with E-state index < -0.39 is 35.8 Å². The number of carbonyl (C=O) groups is 1. The summed E-state index contributed by atoms with van der Waals surface area (Å²) >= 11 is 0. The molecule has 1 fully saturated rings.